The third-order valence-electron chi connectivity index (χ3n) is 8.22. The van der Waals surface area contributed by atoms with Crippen molar-refractivity contribution < 1.29 is 14.3 Å². The standard InChI is InChI=1S/C37H34ClN3O4S/c1-5-40(6-2)36(43)32-23(3)39-37-41(34(32)33-29-10-8-7-9-26(29)15-20-30(33)44-4)35(42)31(46-37)21-24-13-18-28(19-14-24)45-22-25-11-16-27(38)17-12-25/h7-21,34H,5-6,22H2,1-4H3/b31-21+/t34-/m0/s1. The lowest BCUT2D eigenvalue weighted by atomic mass is 9.90. The van der Waals surface area contributed by atoms with E-state index in [2.05, 4.69) is 0 Å². The number of fused-ring (bicyclic) bond motifs is 2. The van der Waals surface area contributed by atoms with E-state index >= 15 is 0 Å². The van der Waals surface area contributed by atoms with Crippen LogP contribution in [0.15, 0.2) is 106 Å². The van der Waals surface area contributed by atoms with Gasteiger partial charge in [-0.1, -0.05) is 77.5 Å². The van der Waals surface area contributed by atoms with Crippen LogP contribution in [0, 0.1) is 0 Å². The second-order valence-corrected chi connectivity index (χ2v) is 12.4. The molecule has 4 aromatic carbocycles. The highest BCUT2D eigenvalue weighted by Crippen LogP contribution is 2.40. The van der Waals surface area contributed by atoms with E-state index in [-0.39, 0.29) is 11.5 Å². The van der Waals surface area contributed by atoms with Crippen LogP contribution < -0.4 is 24.4 Å². The molecule has 0 aliphatic carbocycles. The molecule has 0 fully saturated rings. The van der Waals surface area contributed by atoms with E-state index in [1.165, 1.54) is 11.3 Å². The van der Waals surface area contributed by atoms with Gasteiger partial charge in [-0.3, -0.25) is 14.2 Å². The van der Waals surface area contributed by atoms with Crippen molar-refractivity contribution in [2.75, 3.05) is 20.2 Å². The van der Waals surface area contributed by atoms with Gasteiger partial charge in [0, 0.05) is 23.7 Å². The van der Waals surface area contributed by atoms with Crippen LogP contribution in [0.5, 0.6) is 11.5 Å². The first-order chi connectivity index (χ1) is 22.3. The minimum Gasteiger partial charge on any atom is -0.496 e. The molecule has 1 amide bonds. The predicted molar refractivity (Wildman–Crippen MR) is 184 cm³/mol. The Morgan fingerprint density at radius 1 is 1.00 bits per heavy atom. The first-order valence-electron chi connectivity index (χ1n) is 15.2. The fourth-order valence-corrected chi connectivity index (χ4v) is 7.02. The number of amides is 1. The lowest BCUT2D eigenvalue weighted by molar-refractivity contribution is -0.127. The summed E-state index contributed by atoms with van der Waals surface area (Å²) in [5.74, 6) is 1.17. The van der Waals surface area contributed by atoms with Gasteiger partial charge in [-0.2, -0.15) is 0 Å². The van der Waals surface area contributed by atoms with Gasteiger partial charge in [-0.15, -0.1) is 0 Å². The van der Waals surface area contributed by atoms with Crippen LogP contribution in [0.4, 0.5) is 0 Å². The van der Waals surface area contributed by atoms with Gasteiger partial charge >= 0.3 is 0 Å². The second kappa shape index (κ2) is 13.4. The fourth-order valence-electron chi connectivity index (χ4n) is 5.84. The number of hydrogen-bond acceptors (Lipinski definition) is 6. The Balaban J connectivity index is 1.45. The highest BCUT2D eigenvalue weighted by molar-refractivity contribution is 7.07. The van der Waals surface area contributed by atoms with Gasteiger partial charge < -0.3 is 14.4 Å². The van der Waals surface area contributed by atoms with Crippen molar-refractivity contribution in [2.24, 2.45) is 4.99 Å². The SMILES string of the molecule is CCN(CC)C(=O)C1=C(C)N=c2s/c(=C/c3ccc(OCc4ccc(Cl)cc4)cc3)c(=O)n2[C@@H]1c1c(OC)ccc2ccccc12. The topological polar surface area (TPSA) is 73.1 Å². The molecule has 5 aromatic rings. The molecular weight excluding hydrogens is 618 g/mol. The lowest BCUT2D eigenvalue weighted by Gasteiger charge is -2.30. The summed E-state index contributed by atoms with van der Waals surface area (Å²) in [6, 6.07) is 26.3. The zero-order valence-corrected chi connectivity index (χ0v) is 27.7. The fraction of sp³-hybridized carbons (Fsp3) is 0.216. The van der Waals surface area contributed by atoms with E-state index in [0.29, 0.717) is 56.8 Å². The van der Waals surface area contributed by atoms with Crippen molar-refractivity contribution in [3.05, 3.63) is 138 Å². The Hall–Kier alpha value is -4.66. The minimum atomic E-state index is -0.726. The van der Waals surface area contributed by atoms with Crippen LogP contribution in [0.1, 0.15) is 43.5 Å². The Kier molecular flexibility index (Phi) is 9.10. The summed E-state index contributed by atoms with van der Waals surface area (Å²) in [4.78, 5) is 35.6. The second-order valence-electron chi connectivity index (χ2n) is 10.9. The van der Waals surface area contributed by atoms with E-state index in [1.807, 2.05) is 112 Å². The van der Waals surface area contributed by atoms with Gasteiger partial charge in [0.25, 0.3) is 11.5 Å². The molecule has 46 heavy (non-hydrogen) atoms. The molecule has 2 heterocycles. The molecule has 0 unspecified atom stereocenters. The van der Waals surface area contributed by atoms with E-state index in [4.69, 9.17) is 26.1 Å². The number of methoxy groups -OCH3 is 1. The van der Waals surface area contributed by atoms with E-state index < -0.39 is 6.04 Å². The summed E-state index contributed by atoms with van der Waals surface area (Å²) in [6.07, 6.45) is 1.86. The summed E-state index contributed by atoms with van der Waals surface area (Å²) < 4.78 is 14.0. The molecule has 0 saturated heterocycles. The molecule has 1 aromatic heterocycles. The average molecular weight is 652 g/mol. The number of likely N-dealkylation sites (N-methyl/N-ethyl adjacent to an activating group) is 1. The van der Waals surface area contributed by atoms with Gasteiger partial charge in [0.2, 0.25) is 0 Å². The van der Waals surface area contributed by atoms with Crippen LogP contribution in [-0.2, 0) is 11.4 Å². The van der Waals surface area contributed by atoms with Crippen LogP contribution in [-0.4, -0.2) is 35.6 Å². The van der Waals surface area contributed by atoms with Crippen molar-refractivity contribution >= 4 is 45.7 Å². The molecular formula is C37H34ClN3O4S. The molecule has 1 aliphatic heterocycles. The Bertz CT molecular complexity index is 2130. The average Bonchev–Trinajstić information content (AvgIpc) is 3.38. The first kappa shape index (κ1) is 31.3. The summed E-state index contributed by atoms with van der Waals surface area (Å²) in [6.45, 7) is 7.24. The molecule has 1 aliphatic rings. The summed E-state index contributed by atoms with van der Waals surface area (Å²) in [5, 5.41) is 2.58. The number of ether oxygens (including phenoxy) is 2. The molecule has 7 nitrogen and oxygen atoms in total. The smallest absolute Gasteiger partial charge is 0.271 e. The maximum absolute atomic E-state index is 14.3. The van der Waals surface area contributed by atoms with Crippen LogP contribution in [0.2, 0.25) is 5.02 Å². The largest absolute Gasteiger partial charge is 0.496 e. The van der Waals surface area contributed by atoms with E-state index in [0.717, 1.165) is 27.5 Å². The summed E-state index contributed by atoms with van der Waals surface area (Å²) in [5.41, 5.74) is 3.47. The zero-order chi connectivity index (χ0) is 32.4. The number of rotatable bonds is 9. The third kappa shape index (κ3) is 5.98. The van der Waals surface area contributed by atoms with E-state index in [1.54, 1.807) is 16.6 Å². The number of allylic oxidation sites excluding steroid dienone is 1. The van der Waals surface area contributed by atoms with Gasteiger partial charge in [0.15, 0.2) is 4.80 Å². The van der Waals surface area contributed by atoms with Gasteiger partial charge in [-0.25, -0.2) is 4.99 Å². The van der Waals surface area contributed by atoms with Gasteiger partial charge in [-0.05, 0) is 79.1 Å². The van der Waals surface area contributed by atoms with Crippen LogP contribution in [0.25, 0.3) is 16.8 Å². The number of carbonyl (C=O) groups is 1. The number of halogens is 1. The molecule has 0 radical (unpaired) electrons. The number of hydrogen-bond donors (Lipinski definition) is 0. The highest BCUT2D eigenvalue weighted by atomic mass is 35.5. The highest BCUT2D eigenvalue weighted by Gasteiger charge is 2.36. The molecule has 0 N–H and O–H groups in total. The first-order valence-corrected chi connectivity index (χ1v) is 16.4. The van der Waals surface area contributed by atoms with Gasteiger partial charge in [0.1, 0.15) is 24.1 Å². The van der Waals surface area contributed by atoms with Crippen molar-refractivity contribution in [1.82, 2.24) is 9.47 Å². The number of thiazole rings is 1. The predicted octanol–water partition coefficient (Wildman–Crippen LogP) is 6.50. The molecule has 9 heteroatoms. The number of nitrogens with zero attached hydrogens (tertiary/aromatic N) is 3. The molecule has 0 bridgehead atoms. The van der Waals surface area contributed by atoms with Crippen LogP contribution in [0.3, 0.4) is 0 Å². The zero-order valence-electron chi connectivity index (χ0n) is 26.1. The molecule has 0 spiro atoms. The summed E-state index contributed by atoms with van der Waals surface area (Å²) in [7, 11) is 1.61. The normalized spacial score (nSPS) is 14.6. The monoisotopic (exact) mass is 651 g/mol. The number of benzene rings is 4. The molecule has 234 valence electrons. The third-order valence-corrected chi connectivity index (χ3v) is 9.46. The Labute approximate surface area is 276 Å². The minimum absolute atomic E-state index is 0.144. The van der Waals surface area contributed by atoms with Crippen molar-refractivity contribution in [1.29, 1.82) is 0 Å². The quantitative estimate of drug-likeness (QED) is 0.183. The molecule has 6 rings (SSSR count). The van der Waals surface area contributed by atoms with Crippen molar-refractivity contribution in [2.45, 2.75) is 33.4 Å². The number of carbonyl (C=O) groups excluding carboxylic acids is 1. The summed E-state index contributed by atoms with van der Waals surface area (Å²) >= 11 is 7.30. The lowest BCUT2D eigenvalue weighted by Crippen LogP contribution is -2.43. The number of aromatic nitrogens is 1. The maximum atomic E-state index is 14.3. The Morgan fingerprint density at radius 2 is 1.72 bits per heavy atom. The Morgan fingerprint density at radius 3 is 2.41 bits per heavy atom. The molecule has 1 atom stereocenters. The molecule has 0 saturated carbocycles. The van der Waals surface area contributed by atoms with E-state index in [9.17, 15) is 9.59 Å². The van der Waals surface area contributed by atoms with Crippen LogP contribution >= 0.6 is 22.9 Å². The maximum Gasteiger partial charge on any atom is 0.271 e. The van der Waals surface area contributed by atoms with Crippen molar-refractivity contribution in [3.63, 3.8) is 0 Å². The van der Waals surface area contributed by atoms with Crippen molar-refractivity contribution in [3.8, 4) is 11.5 Å². The van der Waals surface area contributed by atoms with Gasteiger partial charge in [0.05, 0.1) is 22.9 Å².